The molecule has 0 spiro atoms. The van der Waals surface area contributed by atoms with Crippen molar-refractivity contribution in [2.75, 3.05) is 7.11 Å². The van der Waals surface area contributed by atoms with Crippen LogP contribution in [0.15, 0.2) is 12.1 Å². The fourth-order valence-electron chi connectivity index (χ4n) is 1.39. The first-order chi connectivity index (χ1) is 7.45. The van der Waals surface area contributed by atoms with E-state index in [9.17, 15) is 13.6 Å². The highest BCUT2D eigenvalue weighted by Gasteiger charge is 2.17. The van der Waals surface area contributed by atoms with E-state index >= 15 is 0 Å². The molecule has 2 N–H and O–H groups in total. The molecule has 0 saturated heterocycles. The van der Waals surface area contributed by atoms with Gasteiger partial charge in [-0.1, -0.05) is 0 Å². The van der Waals surface area contributed by atoms with E-state index in [0.717, 1.165) is 13.2 Å². The van der Waals surface area contributed by atoms with Gasteiger partial charge in [-0.25, -0.2) is 13.6 Å². The highest BCUT2D eigenvalue weighted by atomic mass is 19.2. The fourth-order valence-corrected chi connectivity index (χ4v) is 1.39. The summed E-state index contributed by atoms with van der Waals surface area (Å²) in [6.07, 6.45) is 0.362. The van der Waals surface area contributed by atoms with Crippen LogP contribution in [-0.2, 0) is 11.2 Å². The molecule has 0 aliphatic carbocycles. The van der Waals surface area contributed by atoms with Gasteiger partial charge in [-0.05, 0) is 31.0 Å². The van der Waals surface area contributed by atoms with Gasteiger partial charge < -0.3 is 10.5 Å². The number of benzene rings is 1. The Hall–Kier alpha value is -1.49. The zero-order valence-corrected chi connectivity index (χ0v) is 9.09. The Balaban J connectivity index is 3.16. The average Bonchev–Trinajstić information content (AvgIpc) is 2.21. The summed E-state index contributed by atoms with van der Waals surface area (Å²) < 4.78 is 30.8. The molecule has 0 aromatic heterocycles. The number of esters is 1. The standard InChI is InChI=1S/C11H13F2NO2/c1-6(14)3-7-4-8(11(15)16-2)10(13)9(12)5-7/h4-6H,3,14H2,1-2H3. The first kappa shape index (κ1) is 12.6. The summed E-state index contributed by atoms with van der Waals surface area (Å²) in [5.41, 5.74) is 5.60. The SMILES string of the molecule is COC(=O)c1cc(CC(C)N)cc(F)c1F. The van der Waals surface area contributed by atoms with Crippen molar-refractivity contribution in [3.8, 4) is 0 Å². The van der Waals surface area contributed by atoms with Gasteiger partial charge in [-0.3, -0.25) is 0 Å². The molecule has 0 saturated carbocycles. The molecule has 5 heteroatoms. The molecule has 1 rings (SSSR count). The number of hydrogen-bond donors (Lipinski definition) is 1. The Kier molecular flexibility index (Phi) is 3.95. The van der Waals surface area contributed by atoms with Crippen LogP contribution >= 0.6 is 0 Å². The Morgan fingerprint density at radius 3 is 2.62 bits per heavy atom. The second-order valence-corrected chi connectivity index (χ2v) is 3.61. The van der Waals surface area contributed by atoms with Crippen molar-refractivity contribution in [1.29, 1.82) is 0 Å². The maximum Gasteiger partial charge on any atom is 0.340 e. The third kappa shape index (κ3) is 2.76. The minimum absolute atomic E-state index is 0.199. The van der Waals surface area contributed by atoms with E-state index in [1.165, 1.54) is 6.07 Å². The lowest BCUT2D eigenvalue weighted by Gasteiger charge is -2.08. The van der Waals surface area contributed by atoms with Crippen molar-refractivity contribution in [1.82, 2.24) is 0 Å². The topological polar surface area (TPSA) is 52.3 Å². The summed E-state index contributed by atoms with van der Waals surface area (Å²) in [5.74, 6) is -3.17. The number of ether oxygens (including phenoxy) is 1. The van der Waals surface area contributed by atoms with E-state index in [-0.39, 0.29) is 6.04 Å². The number of methoxy groups -OCH3 is 1. The Bertz CT molecular complexity index is 405. The van der Waals surface area contributed by atoms with Crippen LogP contribution < -0.4 is 5.73 Å². The lowest BCUT2D eigenvalue weighted by molar-refractivity contribution is 0.0594. The number of carbonyl (C=O) groups is 1. The van der Waals surface area contributed by atoms with Gasteiger partial charge in [-0.15, -0.1) is 0 Å². The summed E-state index contributed by atoms with van der Waals surface area (Å²) in [7, 11) is 1.11. The highest BCUT2D eigenvalue weighted by Crippen LogP contribution is 2.17. The van der Waals surface area contributed by atoms with Crippen molar-refractivity contribution >= 4 is 5.97 Å². The predicted octanol–water partition coefficient (Wildman–Crippen LogP) is 1.64. The van der Waals surface area contributed by atoms with Crippen LogP contribution in [-0.4, -0.2) is 19.1 Å². The molecule has 16 heavy (non-hydrogen) atoms. The van der Waals surface area contributed by atoms with Crippen molar-refractivity contribution in [2.45, 2.75) is 19.4 Å². The van der Waals surface area contributed by atoms with Gasteiger partial charge in [0.05, 0.1) is 12.7 Å². The summed E-state index contributed by atoms with van der Waals surface area (Å²) in [5, 5.41) is 0. The number of rotatable bonds is 3. The second-order valence-electron chi connectivity index (χ2n) is 3.61. The number of halogens is 2. The molecule has 1 atom stereocenters. The molecule has 0 bridgehead atoms. The fraction of sp³-hybridized carbons (Fsp3) is 0.364. The van der Waals surface area contributed by atoms with Gasteiger partial charge in [0.1, 0.15) is 0 Å². The first-order valence-corrected chi connectivity index (χ1v) is 4.77. The quantitative estimate of drug-likeness (QED) is 0.801. The lowest BCUT2D eigenvalue weighted by atomic mass is 10.0. The van der Waals surface area contributed by atoms with E-state index in [1.54, 1.807) is 6.92 Å². The Morgan fingerprint density at radius 2 is 2.12 bits per heavy atom. The van der Waals surface area contributed by atoms with Crippen LogP contribution in [0.5, 0.6) is 0 Å². The first-order valence-electron chi connectivity index (χ1n) is 4.77. The summed E-state index contributed by atoms with van der Waals surface area (Å²) in [6.45, 7) is 1.74. The Morgan fingerprint density at radius 1 is 1.50 bits per heavy atom. The molecule has 0 amide bonds. The van der Waals surface area contributed by atoms with Gasteiger partial charge in [0.2, 0.25) is 0 Å². The summed E-state index contributed by atoms with van der Waals surface area (Å²) in [4.78, 5) is 11.2. The van der Waals surface area contributed by atoms with Crippen molar-refractivity contribution in [2.24, 2.45) is 5.73 Å². The molecule has 88 valence electrons. The molecule has 1 aromatic carbocycles. The second kappa shape index (κ2) is 5.03. The van der Waals surface area contributed by atoms with Gasteiger partial charge in [0.25, 0.3) is 0 Å². The molecule has 0 fully saturated rings. The average molecular weight is 229 g/mol. The van der Waals surface area contributed by atoms with Crippen LogP contribution in [0.1, 0.15) is 22.8 Å². The van der Waals surface area contributed by atoms with Crippen LogP contribution in [0.2, 0.25) is 0 Å². The van der Waals surface area contributed by atoms with Gasteiger partial charge in [0, 0.05) is 6.04 Å². The van der Waals surface area contributed by atoms with E-state index in [0.29, 0.717) is 12.0 Å². The third-order valence-corrected chi connectivity index (χ3v) is 2.05. The van der Waals surface area contributed by atoms with E-state index < -0.39 is 23.2 Å². The van der Waals surface area contributed by atoms with Gasteiger partial charge in [0.15, 0.2) is 11.6 Å². The van der Waals surface area contributed by atoms with Crippen LogP contribution in [0.3, 0.4) is 0 Å². The molecular weight excluding hydrogens is 216 g/mol. The largest absolute Gasteiger partial charge is 0.465 e. The molecule has 0 aliphatic rings. The minimum atomic E-state index is -1.19. The van der Waals surface area contributed by atoms with Crippen molar-refractivity contribution in [3.63, 3.8) is 0 Å². The summed E-state index contributed by atoms with van der Waals surface area (Å²) in [6, 6.07) is 2.09. The number of nitrogens with two attached hydrogens (primary N) is 1. The van der Waals surface area contributed by atoms with Crippen molar-refractivity contribution < 1.29 is 18.3 Å². The van der Waals surface area contributed by atoms with Crippen LogP contribution in [0.4, 0.5) is 8.78 Å². The maximum absolute atomic E-state index is 13.2. The zero-order valence-electron chi connectivity index (χ0n) is 9.09. The van der Waals surface area contributed by atoms with Crippen LogP contribution in [0, 0.1) is 11.6 Å². The van der Waals surface area contributed by atoms with Gasteiger partial charge >= 0.3 is 5.97 Å². The molecule has 1 unspecified atom stereocenters. The monoisotopic (exact) mass is 229 g/mol. The molecule has 0 aliphatic heterocycles. The highest BCUT2D eigenvalue weighted by molar-refractivity contribution is 5.89. The molecule has 0 heterocycles. The third-order valence-electron chi connectivity index (χ3n) is 2.05. The van der Waals surface area contributed by atoms with Crippen molar-refractivity contribution in [3.05, 3.63) is 34.9 Å². The number of hydrogen-bond acceptors (Lipinski definition) is 3. The molecule has 1 aromatic rings. The Labute approximate surface area is 92.2 Å². The van der Waals surface area contributed by atoms with E-state index in [1.807, 2.05) is 0 Å². The van der Waals surface area contributed by atoms with Crippen LogP contribution in [0.25, 0.3) is 0 Å². The zero-order chi connectivity index (χ0) is 12.3. The van der Waals surface area contributed by atoms with E-state index in [4.69, 9.17) is 5.73 Å². The smallest absolute Gasteiger partial charge is 0.340 e. The molecule has 3 nitrogen and oxygen atoms in total. The minimum Gasteiger partial charge on any atom is -0.465 e. The lowest BCUT2D eigenvalue weighted by Crippen LogP contribution is -2.18. The molecular formula is C11H13F2NO2. The molecule has 0 radical (unpaired) electrons. The van der Waals surface area contributed by atoms with Gasteiger partial charge in [-0.2, -0.15) is 0 Å². The summed E-state index contributed by atoms with van der Waals surface area (Å²) >= 11 is 0. The number of carbonyl (C=O) groups excluding carboxylic acids is 1. The maximum atomic E-state index is 13.2. The predicted molar refractivity (Wildman–Crippen MR) is 55.1 cm³/mol. The van der Waals surface area contributed by atoms with E-state index in [2.05, 4.69) is 4.74 Å². The normalized spacial score (nSPS) is 12.3.